The Hall–Kier alpha value is -1.60. The van der Waals surface area contributed by atoms with Gasteiger partial charge in [0, 0.05) is 12.7 Å². The van der Waals surface area contributed by atoms with E-state index in [0.29, 0.717) is 12.6 Å². The molecule has 0 bridgehead atoms. The van der Waals surface area contributed by atoms with Gasteiger partial charge in [0.2, 0.25) is 6.29 Å². The van der Waals surface area contributed by atoms with Crippen molar-refractivity contribution in [3.63, 3.8) is 0 Å². The maximum atomic E-state index is 11.1. The number of benzene rings is 1. The third-order valence-corrected chi connectivity index (χ3v) is 2.92. The van der Waals surface area contributed by atoms with Gasteiger partial charge in [-0.15, -0.1) is 0 Å². The molecule has 2 rings (SSSR count). The quantitative estimate of drug-likeness (QED) is 0.568. The predicted molar refractivity (Wildman–Crippen MR) is 67.8 cm³/mol. The molecule has 1 heterocycles. The summed E-state index contributed by atoms with van der Waals surface area (Å²) in [6.45, 7) is 0.136. The van der Waals surface area contributed by atoms with Crippen LogP contribution in [0.1, 0.15) is 11.9 Å². The van der Waals surface area contributed by atoms with Crippen molar-refractivity contribution in [2.24, 2.45) is 0 Å². The lowest BCUT2D eigenvalue weighted by atomic mass is 10.1. The SMILES string of the molecule is CO[C@H](C=O)OC1COC(c2ccccc2)O[C@H]1C=O. The Morgan fingerprint density at radius 3 is 2.65 bits per heavy atom. The summed E-state index contributed by atoms with van der Waals surface area (Å²) < 4.78 is 21.2. The van der Waals surface area contributed by atoms with Gasteiger partial charge in [0.15, 0.2) is 18.9 Å². The lowest BCUT2D eigenvalue weighted by Crippen LogP contribution is -2.45. The highest BCUT2D eigenvalue weighted by Gasteiger charge is 2.34. The van der Waals surface area contributed by atoms with E-state index in [0.717, 1.165) is 5.56 Å². The lowest BCUT2D eigenvalue weighted by Gasteiger charge is -2.34. The zero-order valence-corrected chi connectivity index (χ0v) is 11.0. The molecule has 4 atom stereocenters. The van der Waals surface area contributed by atoms with Crippen LogP contribution in [0.2, 0.25) is 0 Å². The maximum Gasteiger partial charge on any atom is 0.214 e. The Morgan fingerprint density at radius 1 is 1.30 bits per heavy atom. The molecule has 1 aliphatic rings. The van der Waals surface area contributed by atoms with Crippen molar-refractivity contribution in [2.45, 2.75) is 24.8 Å². The number of ether oxygens (including phenoxy) is 4. The molecule has 0 N–H and O–H groups in total. The number of methoxy groups -OCH3 is 1. The molecule has 1 fully saturated rings. The van der Waals surface area contributed by atoms with Crippen molar-refractivity contribution >= 4 is 12.6 Å². The first kappa shape index (κ1) is 14.8. The average molecular weight is 280 g/mol. The van der Waals surface area contributed by atoms with Crippen LogP contribution in [-0.4, -0.2) is 44.8 Å². The first-order valence-electron chi connectivity index (χ1n) is 6.19. The van der Waals surface area contributed by atoms with E-state index in [9.17, 15) is 9.59 Å². The summed E-state index contributed by atoms with van der Waals surface area (Å²) in [6.07, 6.45) is -2.01. The number of carbonyl (C=O) groups excluding carboxylic acids is 2. The molecular formula is C14H16O6. The van der Waals surface area contributed by atoms with Crippen LogP contribution in [0.4, 0.5) is 0 Å². The fourth-order valence-corrected chi connectivity index (χ4v) is 1.88. The van der Waals surface area contributed by atoms with Crippen molar-refractivity contribution < 1.29 is 28.5 Å². The van der Waals surface area contributed by atoms with E-state index >= 15 is 0 Å². The van der Waals surface area contributed by atoms with Crippen molar-refractivity contribution in [3.05, 3.63) is 35.9 Å². The van der Waals surface area contributed by atoms with Crippen molar-refractivity contribution in [2.75, 3.05) is 13.7 Å². The number of carbonyl (C=O) groups is 2. The molecule has 6 heteroatoms. The zero-order chi connectivity index (χ0) is 14.4. The van der Waals surface area contributed by atoms with E-state index in [1.54, 1.807) is 0 Å². The monoisotopic (exact) mass is 280 g/mol. The Kier molecular flexibility index (Phi) is 5.37. The summed E-state index contributed by atoms with van der Waals surface area (Å²) in [6, 6.07) is 9.28. The predicted octanol–water partition coefficient (Wildman–Crippen LogP) is 0.856. The first-order chi connectivity index (χ1) is 9.78. The van der Waals surface area contributed by atoms with Crippen LogP contribution in [0, 0.1) is 0 Å². The summed E-state index contributed by atoms with van der Waals surface area (Å²) >= 11 is 0. The molecule has 2 unspecified atom stereocenters. The van der Waals surface area contributed by atoms with Crippen LogP contribution in [0.3, 0.4) is 0 Å². The number of hydrogen-bond donors (Lipinski definition) is 0. The lowest BCUT2D eigenvalue weighted by molar-refractivity contribution is -0.276. The minimum absolute atomic E-state index is 0.136. The van der Waals surface area contributed by atoms with Crippen LogP contribution in [0.15, 0.2) is 30.3 Å². The normalized spacial score (nSPS) is 27.8. The Morgan fingerprint density at radius 2 is 2.05 bits per heavy atom. The van der Waals surface area contributed by atoms with Gasteiger partial charge in [-0.3, -0.25) is 4.79 Å². The Labute approximate surface area is 116 Å². The van der Waals surface area contributed by atoms with Gasteiger partial charge in [-0.05, 0) is 0 Å². The summed E-state index contributed by atoms with van der Waals surface area (Å²) in [5.74, 6) is 0. The van der Waals surface area contributed by atoms with Gasteiger partial charge in [0.05, 0.1) is 6.61 Å². The van der Waals surface area contributed by atoms with Crippen LogP contribution in [-0.2, 0) is 28.5 Å². The molecule has 0 saturated carbocycles. The number of aldehydes is 2. The van der Waals surface area contributed by atoms with Gasteiger partial charge in [-0.2, -0.15) is 0 Å². The summed E-state index contributed by atoms with van der Waals surface area (Å²) in [4.78, 5) is 21.8. The third kappa shape index (κ3) is 3.49. The second kappa shape index (κ2) is 7.25. The summed E-state index contributed by atoms with van der Waals surface area (Å²) in [5.41, 5.74) is 0.816. The van der Waals surface area contributed by atoms with Crippen LogP contribution in [0.25, 0.3) is 0 Å². The largest absolute Gasteiger partial charge is 0.350 e. The van der Waals surface area contributed by atoms with E-state index < -0.39 is 24.8 Å². The van der Waals surface area contributed by atoms with Crippen LogP contribution < -0.4 is 0 Å². The molecule has 1 aliphatic heterocycles. The van der Waals surface area contributed by atoms with E-state index in [1.165, 1.54) is 7.11 Å². The molecule has 1 aromatic carbocycles. The highest BCUT2D eigenvalue weighted by atomic mass is 16.7. The topological polar surface area (TPSA) is 71.1 Å². The molecule has 0 aliphatic carbocycles. The fourth-order valence-electron chi connectivity index (χ4n) is 1.88. The molecule has 108 valence electrons. The Balaban J connectivity index is 2.01. The molecule has 1 aromatic rings. The van der Waals surface area contributed by atoms with Gasteiger partial charge < -0.3 is 23.7 Å². The molecular weight excluding hydrogens is 264 g/mol. The summed E-state index contributed by atoms with van der Waals surface area (Å²) in [5, 5.41) is 0. The molecule has 20 heavy (non-hydrogen) atoms. The highest BCUT2D eigenvalue weighted by molar-refractivity contribution is 5.58. The van der Waals surface area contributed by atoms with E-state index in [-0.39, 0.29) is 6.61 Å². The molecule has 0 aromatic heterocycles. The number of hydrogen-bond acceptors (Lipinski definition) is 6. The van der Waals surface area contributed by atoms with Crippen molar-refractivity contribution in [3.8, 4) is 0 Å². The fraction of sp³-hybridized carbons (Fsp3) is 0.429. The van der Waals surface area contributed by atoms with Crippen molar-refractivity contribution in [1.82, 2.24) is 0 Å². The van der Waals surface area contributed by atoms with Crippen LogP contribution >= 0.6 is 0 Å². The average Bonchev–Trinajstić information content (AvgIpc) is 2.53. The zero-order valence-electron chi connectivity index (χ0n) is 11.0. The minimum Gasteiger partial charge on any atom is -0.350 e. The summed E-state index contributed by atoms with van der Waals surface area (Å²) in [7, 11) is 1.34. The minimum atomic E-state index is -1.04. The third-order valence-electron chi connectivity index (χ3n) is 2.92. The second-order valence-electron chi connectivity index (χ2n) is 4.23. The van der Waals surface area contributed by atoms with Gasteiger partial charge >= 0.3 is 0 Å². The van der Waals surface area contributed by atoms with E-state index in [1.807, 2.05) is 30.3 Å². The maximum absolute atomic E-state index is 11.1. The first-order valence-corrected chi connectivity index (χ1v) is 6.19. The molecule has 6 nitrogen and oxygen atoms in total. The van der Waals surface area contributed by atoms with Gasteiger partial charge in [-0.25, -0.2) is 0 Å². The van der Waals surface area contributed by atoms with Gasteiger partial charge in [0.25, 0.3) is 0 Å². The van der Waals surface area contributed by atoms with Gasteiger partial charge in [0.1, 0.15) is 12.2 Å². The van der Waals surface area contributed by atoms with Crippen molar-refractivity contribution in [1.29, 1.82) is 0 Å². The van der Waals surface area contributed by atoms with E-state index in [4.69, 9.17) is 18.9 Å². The highest BCUT2D eigenvalue weighted by Crippen LogP contribution is 2.27. The molecule has 0 amide bonds. The smallest absolute Gasteiger partial charge is 0.214 e. The molecule has 0 spiro atoms. The van der Waals surface area contributed by atoms with Gasteiger partial charge in [-0.1, -0.05) is 30.3 Å². The standard InChI is InChI=1S/C14H16O6/c1-17-13(8-16)19-12-9-18-14(20-11(12)7-15)10-5-3-2-4-6-10/h2-8,11-14H,9H2,1H3/t11-,12?,13-,14?/m0/s1. The second-order valence-corrected chi connectivity index (χ2v) is 4.23. The van der Waals surface area contributed by atoms with Crippen LogP contribution in [0.5, 0.6) is 0 Å². The number of rotatable bonds is 6. The molecule has 0 radical (unpaired) electrons. The Bertz CT molecular complexity index is 435. The molecule has 1 saturated heterocycles. The van der Waals surface area contributed by atoms with E-state index in [2.05, 4.69) is 0 Å².